The van der Waals surface area contributed by atoms with Crippen molar-refractivity contribution in [3.63, 3.8) is 0 Å². The van der Waals surface area contributed by atoms with Gasteiger partial charge in [0.15, 0.2) is 11.7 Å². The molecule has 31 heavy (non-hydrogen) atoms. The van der Waals surface area contributed by atoms with Crippen molar-refractivity contribution in [3.8, 4) is 22.9 Å². The number of ether oxygens (including phenoxy) is 3. The maximum Gasteiger partial charge on any atom is 0.346 e. The fourth-order valence-corrected chi connectivity index (χ4v) is 3.88. The van der Waals surface area contributed by atoms with E-state index in [0.29, 0.717) is 29.2 Å². The first-order valence-corrected chi connectivity index (χ1v) is 10.1. The van der Waals surface area contributed by atoms with Crippen molar-refractivity contribution in [2.75, 3.05) is 19.5 Å². The zero-order valence-electron chi connectivity index (χ0n) is 17.3. The molecule has 1 atom stereocenters. The topological polar surface area (TPSA) is 115 Å². The van der Waals surface area contributed by atoms with Crippen LogP contribution in [-0.4, -0.2) is 40.3 Å². The Labute approximate surface area is 177 Å². The minimum Gasteiger partial charge on any atom is -0.491 e. The number of anilines is 1. The van der Waals surface area contributed by atoms with Gasteiger partial charge >= 0.3 is 5.97 Å². The zero-order valence-corrected chi connectivity index (χ0v) is 17.3. The van der Waals surface area contributed by atoms with Crippen LogP contribution in [0.25, 0.3) is 33.5 Å². The maximum atomic E-state index is 11.8. The van der Waals surface area contributed by atoms with Gasteiger partial charge in [0.05, 0.1) is 19.2 Å². The van der Waals surface area contributed by atoms with Gasteiger partial charge in [-0.05, 0) is 38.0 Å². The number of carbonyl (C=O) groups excluding carboxylic acids is 1. The summed E-state index contributed by atoms with van der Waals surface area (Å²) in [4.78, 5) is 20.9. The summed E-state index contributed by atoms with van der Waals surface area (Å²) in [6.07, 6.45) is 1.14. The summed E-state index contributed by atoms with van der Waals surface area (Å²) in [5.74, 6) is 1.52. The van der Waals surface area contributed by atoms with Gasteiger partial charge in [0, 0.05) is 24.2 Å². The van der Waals surface area contributed by atoms with Gasteiger partial charge in [-0.15, -0.1) is 0 Å². The van der Waals surface area contributed by atoms with Crippen LogP contribution >= 0.6 is 0 Å². The quantitative estimate of drug-likeness (QED) is 0.497. The predicted molar refractivity (Wildman–Crippen MR) is 114 cm³/mol. The molecule has 0 saturated heterocycles. The van der Waals surface area contributed by atoms with Gasteiger partial charge in [0.2, 0.25) is 0 Å². The molecule has 0 spiro atoms. The SMILES string of the molecule is COC(=O)C(C)Oc1cc2c3c(c1)nc(-c1ccc4oc(N)nc4c1)n3CCCCO2. The van der Waals surface area contributed by atoms with Gasteiger partial charge in [0.1, 0.15) is 28.4 Å². The Morgan fingerprint density at radius 2 is 2.06 bits per heavy atom. The fraction of sp³-hybridized carbons (Fsp3) is 0.318. The molecule has 1 aliphatic rings. The number of benzene rings is 2. The third kappa shape index (κ3) is 3.41. The Kier molecular flexibility index (Phi) is 4.65. The smallest absolute Gasteiger partial charge is 0.346 e. The minimum atomic E-state index is -0.746. The highest BCUT2D eigenvalue weighted by Crippen LogP contribution is 2.37. The summed E-state index contributed by atoms with van der Waals surface area (Å²) in [7, 11) is 1.33. The van der Waals surface area contributed by atoms with Crippen LogP contribution in [0.4, 0.5) is 6.01 Å². The average Bonchev–Trinajstić information content (AvgIpc) is 3.29. The number of oxazole rings is 1. The monoisotopic (exact) mass is 422 g/mol. The summed E-state index contributed by atoms with van der Waals surface area (Å²) >= 11 is 0. The summed E-state index contributed by atoms with van der Waals surface area (Å²) in [5, 5.41) is 0. The number of nitrogen functional groups attached to an aromatic ring is 1. The molecule has 160 valence electrons. The number of hydrogen-bond donors (Lipinski definition) is 1. The highest BCUT2D eigenvalue weighted by Gasteiger charge is 2.22. The van der Waals surface area contributed by atoms with Gasteiger partial charge in [-0.2, -0.15) is 4.98 Å². The number of nitrogens with zero attached hydrogens (tertiary/aromatic N) is 3. The molecule has 4 aromatic rings. The molecule has 9 nitrogen and oxygen atoms in total. The van der Waals surface area contributed by atoms with Crippen molar-refractivity contribution < 1.29 is 23.4 Å². The Morgan fingerprint density at radius 3 is 2.90 bits per heavy atom. The van der Waals surface area contributed by atoms with Crippen molar-refractivity contribution in [1.29, 1.82) is 0 Å². The van der Waals surface area contributed by atoms with Gasteiger partial charge < -0.3 is 28.9 Å². The largest absolute Gasteiger partial charge is 0.491 e. The summed E-state index contributed by atoms with van der Waals surface area (Å²) in [6.45, 7) is 3.05. The molecule has 0 fully saturated rings. The molecule has 3 heterocycles. The molecule has 0 saturated carbocycles. The Balaban J connectivity index is 1.65. The van der Waals surface area contributed by atoms with Crippen molar-refractivity contribution in [1.82, 2.24) is 14.5 Å². The summed E-state index contributed by atoms with van der Waals surface area (Å²) < 4.78 is 24.1. The van der Waals surface area contributed by atoms with E-state index in [4.69, 9.17) is 29.3 Å². The molecule has 0 radical (unpaired) electrons. The highest BCUT2D eigenvalue weighted by atomic mass is 16.6. The Hall–Kier alpha value is -3.75. The average molecular weight is 422 g/mol. The van der Waals surface area contributed by atoms with Crippen LogP contribution < -0.4 is 15.2 Å². The van der Waals surface area contributed by atoms with Gasteiger partial charge in [0.25, 0.3) is 6.01 Å². The first-order valence-electron chi connectivity index (χ1n) is 10.1. The van der Waals surface area contributed by atoms with E-state index >= 15 is 0 Å². The molecule has 0 bridgehead atoms. The third-order valence-electron chi connectivity index (χ3n) is 5.32. The number of esters is 1. The van der Waals surface area contributed by atoms with E-state index in [-0.39, 0.29) is 6.01 Å². The van der Waals surface area contributed by atoms with E-state index in [1.165, 1.54) is 7.11 Å². The van der Waals surface area contributed by atoms with Crippen molar-refractivity contribution in [2.24, 2.45) is 0 Å². The second kappa shape index (κ2) is 7.50. The molecular formula is C22H22N4O5. The van der Waals surface area contributed by atoms with Crippen LogP contribution in [0.3, 0.4) is 0 Å². The zero-order chi connectivity index (χ0) is 21.5. The molecule has 2 N–H and O–H groups in total. The van der Waals surface area contributed by atoms with Crippen LogP contribution in [0, 0.1) is 0 Å². The number of carbonyl (C=O) groups is 1. The third-order valence-corrected chi connectivity index (χ3v) is 5.32. The number of nitrogens with two attached hydrogens (primary N) is 1. The van der Waals surface area contributed by atoms with Gasteiger partial charge in [-0.25, -0.2) is 9.78 Å². The van der Waals surface area contributed by atoms with Crippen LogP contribution in [0.15, 0.2) is 34.7 Å². The predicted octanol–water partition coefficient (Wildman–Crippen LogP) is 3.54. The first-order chi connectivity index (χ1) is 15.0. The number of imidazole rings is 1. The maximum absolute atomic E-state index is 11.8. The Bertz CT molecular complexity index is 1290. The van der Waals surface area contributed by atoms with Crippen molar-refractivity contribution >= 4 is 34.1 Å². The molecule has 2 aromatic heterocycles. The lowest BCUT2D eigenvalue weighted by molar-refractivity contribution is -0.147. The number of aryl methyl sites for hydroxylation is 1. The van der Waals surface area contributed by atoms with Crippen LogP contribution in [-0.2, 0) is 16.1 Å². The highest BCUT2D eigenvalue weighted by molar-refractivity contribution is 5.89. The van der Waals surface area contributed by atoms with E-state index in [1.54, 1.807) is 13.0 Å². The molecule has 2 aromatic carbocycles. The lowest BCUT2D eigenvalue weighted by atomic mass is 10.2. The summed E-state index contributed by atoms with van der Waals surface area (Å²) in [5.41, 5.74) is 9.51. The number of aromatic nitrogens is 3. The molecule has 1 aliphatic heterocycles. The van der Waals surface area contributed by atoms with E-state index < -0.39 is 12.1 Å². The standard InChI is InChI=1S/C22H22N4O5/c1-12(21(27)28-2)30-14-10-16-19-18(11-14)29-8-4-3-7-26(19)20(24-16)13-5-6-17-15(9-13)25-22(23)31-17/h5-6,9-12H,3-4,7-8H2,1-2H3,(H2,23,25). The van der Waals surface area contributed by atoms with Crippen LogP contribution in [0.1, 0.15) is 19.8 Å². The normalized spacial score (nSPS) is 14.6. The first kappa shape index (κ1) is 19.2. The van der Waals surface area contributed by atoms with E-state index in [2.05, 4.69) is 9.55 Å². The number of methoxy groups -OCH3 is 1. The van der Waals surface area contributed by atoms with Crippen molar-refractivity contribution in [2.45, 2.75) is 32.4 Å². The van der Waals surface area contributed by atoms with Crippen LogP contribution in [0.2, 0.25) is 0 Å². The molecule has 9 heteroatoms. The Morgan fingerprint density at radius 1 is 1.19 bits per heavy atom. The molecule has 5 rings (SSSR count). The second-order valence-corrected chi connectivity index (χ2v) is 7.45. The minimum absolute atomic E-state index is 0.132. The van der Waals surface area contributed by atoms with Gasteiger partial charge in [-0.1, -0.05) is 0 Å². The fourth-order valence-electron chi connectivity index (χ4n) is 3.88. The number of rotatable bonds is 4. The number of hydrogen-bond acceptors (Lipinski definition) is 8. The molecule has 0 amide bonds. The molecule has 0 aliphatic carbocycles. The van der Waals surface area contributed by atoms with Crippen LogP contribution in [0.5, 0.6) is 11.5 Å². The van der Waals surface area contributed by atoms with Gasteiger partial charge in [-0.3, -0.25) is 0 Å². The van der Waals surface area contributed by atoms with Crippen molar-refractivity contribution in [3.05, 3.63) is 30.3 Å². The lowest BCUT2D eigenvalue weighted by Crippen LogP contribution is -2.24. The van der Waals surface area contributed by atoms with E-state index in [1.807, 2.05) is 24.3 Å². The van der Waals surface area contributed by atoms with E-state index in [0.717, 1.165) is 41.8 Å². The second-order valence-electron chi connectivity index (χ2n) is 7.45. The lowest BCUT2D eigenvalue weighted by Gasteiger charge is -2.18. The van der Waals surface area contributed by atoms with E-state index in [9.17, 15) is 4.79 Å². The number of fused-ring (bicyclic) bond motifs is 1. The summed E-state index contributed by atoms with van der Waals surface area (Å²) in [6, 6.07) is 9.44. The molecule has 1 unspecified atom stereocenters. The molecular weight excluding hydrogens is 400 g/mol.